The Labute approximate surface area is 119 Å². The molecule has 0 bridgehead atoms. The van der Waals surface area contributed by atoms with E-state index >= 15 is 0 Å². The normalized spacial score (nSPS) is 11.3. The number of carbonyl (C=O) groups is 1. The summed E-state index contributed by atoms with van der Waals surface area (Å²) in [5.74, 6) is 0. The van der Waals surface area contributed by atoms with Crippen LogP contribution in [-0.4, -0.2) is 16.3 Å². The lowest BCUT2D eigenvalue weighted by molar-refractivity contribution is 0.0544. The number of aromatic nitrogens is 1. The number of hydrogen-bond acceptors (Lipinski definition) is 3. The fraction of sp³-hybridized carbons (Fsp3) is 0.286. The number of carbonyl (C=O) groups excluding carboxylic acids is 1. The fourth-order valence-corrected chi connectivity index (χ4v) is 2.38. The van der Waals surface area contributed by atoms with Crippen LogP contribution in [0.2, 0.25) is 0 Å². The van der Waals surface area contributed by atoms with Crippen molar-refractivity contribution in [2.45, 2.75) is 26.4 Å². The van der Waals surface area contributed by atoms with E-state index in [0.29, 0.717) is 15.6 Å². The Kier molecular flexibility index (Phi) is 3.38. The summed E-state index contributed by atoms with van der Waals surface area (Å²) in [5.41, 5.74) is 0.566. The van der Waals surface area contributed by atoms with Gasteiger partial charge in [-0.3, -0.25) is 4.57 Å². The molecule has 0 amide bonds. The second-order valence-electron chi connectivity index (χ2n) is 5.14. The van der Waals surface area contributed by atoms with Gasteiger partial charge in [-0.1, -0.05) is 6.07 Å². The first kappa shape index (κ1) is 13.6. The van der Waals surface area contributed by atoms with Crippen LogP contribution in [-0.2, 0) is 4.74 Å². The number of halogens is 1. The molecule has 0 N–H and O–H groups in total. The molecule has 2 aromatic rings. The van der Waals surface area contributed by atoms with Crippen molar-refractivity contribution in [1.29, 1.82) is 5.26 Å². The van der Waals surface area contributed by atoms with Crippen molar-refractivity contribution in [1.82, 2.24) is 4.57 Å². The van der Waals surface area contributed by atoms with Crippen molar-refractivity contribution < 1.29 is 9.53 Å². The lowest BCUT2D eigenvalue weighted by atomic mass is 10.2. The van der Waals surface area contributed by atoms with E-state index in [4.69, 9.17) is 10.00 Å². The molecule has 0 fully saturated rings. The summed E-state index contributed by atoms with van der Waals surface area (Å²) < 4.78 is 7.35. The smallest absolute Gasteiger partial charge is 0.419 e. The minimum atomic E-state index is -0.563. The lowest BCUT2D eigenvalue weighted by Gasteiger charge is -2.20. The monoisotopic (exact) mass is 320 g/mol. The van der Waals surface area contributed by atoms with Crippen LogP contribution < -0.4 is 0 Å². The molecule has 0 saturated heterocycles. The zero-order chi connectivity index (χ0) is 14.2. The van der Waals surface area contributed by atoms with Gasteiger partial charge >= 0.3 is 6.09 Å². The van der Waals surface area contributed by atoms with Crippen LogP contribution >= 0.6 is 15.9 Å². The van der Waals surface area contributed by atoms with E-state index in [1.54, 1.807) is 18.3 Å². The van der Waals surface area contributed by atoms with Crippen LogP contribution in [0.5, 0.6) is 0 Å². The van der Waals surface area contributed by atoms with Gasteiger partial charge in [-0.15, -0.1) is 0 Å². The Morgan fingerprint density at radius 3 is 2.63 bits per heavy atom. The molecule has 4 nitrogen and oxygen atoms in total. The van der Waals surface area contributed by atoms with Crippen molar-refractivity contribution in [3.8, 4) is 6.07 Å². The third-order valence-corrected chi connectivity index (χ3v) is 3.30. The van der Waals surface area contributed by atoms with Gasteiger partial charge in [-0.25, -0.2) is 4.79 Å². The van der Waals surface area contributed by atoms with Gasteiger partial charge in [0.1, 0.15) is 11.7 Å². The number of benzene rings is 1. The highest BCUT2D eigenvalue weighted by Gasteiger charge is 2.20. The highest BCUT2D eigenvalue weighted by atomic mass is 79.9. The predicted octanol–water partition coefficient (Wildman–Crippen LogP) is 4.06. The standard InChI is InChI=1S/C14H13BrN2O2/c1-14(2,3)19-13(18)17-7-6-9-4-5-10(8-16)11(15)12(9)17/h4-7H,1-3H3. The summed E-state index contributed by atoms with van der Waals surface area (Å²) >= 11 is 3.37. The maximum Gasteiger partial charge on any atom is 0.419 e. The first-order valence-corrected chi connectivity index (χ1v) is 6.56. The summed E-state index contributed by atoms with van der Waals surface area (Å²) in [6, 6.07) is 7.41. The molecular weight excluding hydrogens is 308 g/mol. The molecule has 0 radical (unpaired) electrons. The molecule has 0 atom stereocenters. The maximum absolute atomic E-state index is 12.1. The average Bonchev–Trinajstić information content (AvgIpc) is 2.72. The molecule has 19 heavy (non-hydrogen) atoms. The molecule has 98 valence electrons. The Morgan fingerprint density at radius 2 is 2.05 bits per heavy atom. The number of ether oxygens (including phenoxy) is 1. The number of nitrogens with zero attached hydrogens (tertiary/aromatic N) is 2. The van der Waals surface area contributed by atoms with Crippen LogP contribution in [0.1, 0.15) is 26.3 Å². The summed E-state index contributed by atoms with van der Waals surface area (Å²) in [4.78, 5) is 12.1. The predicted molar refractivity (Wildman–Crippen MR) is 76.0 cm³/mol. The van der Waals surface area contributed by atoms with Crippen LogP contribution in [0.25, 0.3) is 10.9 Å². The Hall–Kier alpha value is -1.80. The molecule has 0 saturated carbocycles. The van der Waals surface area contributed by atoms with Crippen LogP contribution in [0.4, 0.5) is 4.79 Å². The fourth-order valence-electron chi connectivity index (χ4n) is 1.74. The first-order valence-electron chi connectivity index (χ1n) is 5.76. The average molecular weight is 321 g/mol. The minimum Gasteiger partial charge on any atom is -0.443 e. The highest BCUT2D eigenvalue weighted by Crippen LogP contribution is 2.29. The molecule has 0 aliphatic rings. The van der Waals surface area contributed by atoms with E-state index in [2.05, 4.69) is 22.0 Å². The molecule has 0 spiro atoms. The minimum absolute atomic E-state index is 0.460. The Bertz CT molecular complexity index is 690. The van der Waals surface area contributed by atoms with E-state index in [9.17, 15) is 4.79 Å². The van der Waals surface area contributed by atoms with Gasteiger partial charge in [0.25, 0.3) is 0 Å². The maximum atomic E-state index is 12.1. The molecule has 1 aromatic carbocycles. The van der Waals surface area contributed by atoms with Crippen molar-refractivity contribution in [2.24, 2.45) is 0 Å². The van der Waals surface area contributed by atoms with Gasteiger partial charge in [0, 0.05) is 11.6 Å². The van der Waals surface area contributed by atoms with Crippen molar-refractivity contribution in [3.05, 3.63) is 34.4 Å². The van der Waals surface area contributed by atoms with E-state index in [1.807, 2.05) is 26.8 Å². The molecule has 0 aliphatic carbocycles. The van der Waals surface area contributed by atoms with Gasteiger partial charge in [0.05, 0.1) is 15.6 Å². The van der Waals surface area contributed by atoms with Gasteiger partial charge in [-0.2, -0.15) is 5.26 Å². The first-order chi connectivity index (χ1) is 8.83. The zero-order valence-electron chi connectivity index (χ0n) is 10.9. The molecule has 0 unspecified atom stereocenters. The largest absolute Gasteiger partial charge is 0.443 e. The van der Waals surface area contributed by atoms with E-state index in [1.165, 1.54) is 4.57 Å². The topological polar surface area (TPSA) is 55.0 Å². The highest BCUT2D eigenvalue weighted by molar-refractivity contribution is 9.10. The number of hydrogen-bond donors (Lipinski definition) is 0. The van der Waals surface area contributed by atoms with E-state index < -0.39 is 11.7 Å². The third-order valence-electron chi connectivity index (χ3n) is 2.50. The second-order valence-corrected chi connectivity index (χ2v) is 5.94. The van der Waals surface area contributed by atoms with Gasteiger partial charge in [0.2, 0.25) is 0 Å². The van der Waals surface area contributed by atoms with Gasteiger partial charge < -0.3 is 4.74 Å². The molecule has 2 rings (SSSR count). The molecular formula is C14H13BrN2O2. The Morgan fingerprint density at radius 1 is 1.37 bits per heavy atom. The molecule has 1 heterocycles. The van der Waals surface area contributed by atoms with Crippen LogP contribution in [0, 0.1) is 11.3 Å². The third kappa shape index (κ3) is 2.64. The zero-order valence-corrected chi connectivity index (χ0v) is 12.5. The summed E-state index contributed by atoms with van der Waals surface area (Å²) in [6.45, 7) is 5.44. The molecule has 5 heteroatoms. The number of rotatable bonds is 0. The van der Waals surface area contributed by atoms with E-state index in [0.717, 1.165) is 5.39 Å². The second kappa shape index (κ2) is 4.71. The Balaban J connectivity index is 2.57. The molecule has 0 aliphatic heterocycles. The van der Waals surface area contributed by atoms with Crippen LogP contribution in [0.15, 0.2) is 28.9 Å². The van der Waals surface area contributed by atoms with Crippen LogP contribution in [0.3, 0.4) is 0 Å². The van der Waals surface area contributed by atoms with Crippen molar-refractivity contribution in [3.63, 3.8) is 0 Å². The molecule has 1 aromatic heterocycles. The number of fused-ring (bicyclic) bond motifs is 1. The summed E-state index contributed by atoms with van der Waals surface area (Å²) in [6.07, 6.45) is 1.18. The number of nitriles is 1. The lowest BCUT2D eigenvalue weighted by Crippen LogP contribution is -2.26. The van der Waals surface area contributed by atoms with Gasteiger partial charge in [0.15, 0.2) is 0 Å². The van der Waals surface area contributed by atoms with Crippen molar-refractivity contribution >= 4 is 32.9 Å². The quantitative estimate of drug-likeness (QED) is 0.735. The van der Waals surface area contributed by atoms with Crippen molar-refractivity contribution in [2.75, 3.05) is 0 Å². The summed E-state index contributed by atoms with van der Waals surface area (Å²) in [7, 11) is 0. The summed E-state index contributed by atoms with van der Waals surface area (Å²) in [5, 5.41) is 9.90. The van der Waals surface area contributed by atoms with E-state index in [-0.39, 0.29) is 0 Å². The van der Waals surface area contributed by atoms with Gasteiger partial charge in [-0.05, 0) is 48.8 Å². The SMILES string of the molecule is CC(C)(C)OC(=O)n1ccc2ccc(C#N)c(Br)c21.